The largest absolute Gasteiger partial charge is 0.492 e. The van der Waals surface area contributed by atoms with Gasteiger partial charge in [-0.3, -0.25) is 4.79 Å². The molecule has 1 saturated heterocycles. The topological polar surface area (TPSA) is 106 Å². The number of carboxylic acids is 2. The fourth-order valence-corrected chi connectivity index (χ4v) is 4.43. The van der Waals surface area contributed by atoms with Crippen LogP contribution < -0.4 is 14.2 Å². The van der Waals surface area contributed by atoms with E-state index in [9.17, 15) is 18.0 Å². The van der Waals surface area contributed by atoms with E-state index in [1.165, 1.54) is 5.56 Å². The van der Waals surface area contributed by atoms with Gasteiger partial charge in [-0.25, -0.2) is 4.79 Å². The van der Waals surface area contributed by atoms with Crippen molar-refractivity contribution in [3.05, 3.63) is 54.1 Å². The molecule has 2 aromatic rings. The maximum atomic E-state index is 10.8. The van der Waals surface area contributed by atoms with Crippen molar-refractivity contribution in [2.45, 2.75) is 50.3 Å². The van der Waals surface area contributed by atoms with Crippen LogP contribution in [0.25, 0.3) is 0 Å². The summed E-state index contributed by atoms with van der Waals surface area (Å²) in [4.78, 5) is 22.0. The minimum Gasteiger partial charge on any atom is -0.492 e. The number of aliphatic carboxylic acids is 2. The number of carboxylic acid groups (broad SMARTS) is 2. The van der Waals surface area contributed by atoms with Gasteiger partial charge in [-0.2, -0.15) is 13.2 Å². The minimum atomic E-state index is -5.08. The summed E-state index contributed by atoms with van der Waals surface area (Å²) in [7, 11) is 0. The first-order chi connectivity index (χ1) is 18.0. The van der Waals surface area contributed by atoms with Crippen molar-refractivity contribution in [1.82, 2.24) is 4.90 Å². The lowest BCUT2D eigenvalue weighted by molar-refractivity contribution is -0.192. The molecule has 2 heterocycles. The number of benzene rings is 2. The molecular weight excluding hydrogens is 507 g/mol. The molecule has 0 radical (unpaired) electrons. The Morgan fingerprint density at radius 3 is 2.32 bits per heavy atom. The highest BCUT2D eigenvalue weighted by Crippen LogP contribution is 2.46. The maximum absolute atomic E-state index is 10.8. The number of piperidine rings is 1. The summed E-state index contributed by atoms with van der Waals surface area (Å²) in [6.45, 7) is 5.69. The van der Waals surface area contributed by atoms with E-state index >= 15 is 0 Å². The molecule has 2 aromatic carbocycles. The standard InChI is InChI=1S/C25H31NO5.C2HF3O2/c1-2-19(31-20-6-4-3-5-7-20)17-29-21-8-9-22-23(16-21)30-18-25(22)11-14-26(15-12-25)13-10-24(27)28;3-2(4,5)1(6)7/h3-9,16,19H,2,10-15,17-18H2,1H3,(H,27,28);(H,6,7). The summed E-state index contributed by atoms with van der Waals surface area (Å²) in [5, 5.41) is 16.0. The summed E-state index contributed by atoms with van der Waals surface area (Å²) in [5.74, 6) is -0.931. The van der Waals surface area contributed by atoms with Crippen molar-refractivity contribution in [1.29, 1.82) is 0 Å². The van der Waals surface area contributed by atoms with E-state index in [-0.39, 0.29) is 17.9 Å². The minimum absolute atomic E-state index is 0.0157. The third-order valence-corrected chi connectivity index (χ3v) is 6.66. The quantitative estimate of drug-likeness (QED) is 0.470. The number of hydrogen-bond donors (Lipinski definition) is 2. The Morgan fingerprint density at radius 1 is 1.08 bits per heavy atom. The van der Waals surface area contributed by atoms with Gasteiger partial charge in [0.2, 0.25) is 0 Å². The first-order valence-corrected chi connectivity index (χ1v) is 12.4. The Morgan fingerprint density at radius 2 is 1.74 bits per heavy atom. The van der Waals surface area contributed by atoms with Gasteiger partial charge in [0.25, 0.3) is 0 Å². The van der Waals surface area contributed by atoms with Crippen LogP contribution in [0.5, 0.6) is 17.2 Å². The first-order valence-electron chi connectivity index (χ1n) is 12.4. The fraction of sp³-hybridized carbons (Fsp3) is 0.481. The third-order valence-electron chi connectivity index (χ3n) is 6.66. The van der Waals surface area contributed by atoms with Crippen LogP contribution in [-0.4, -0.2) is 72.2 Å². The maximum Gasteiger partial charge on any atom is 0.490 e. The fourth-order valence-electron chi connectivity index (χ4n) is 4.43. The van der Waals surface area contributed by atoms with Gasteiger partial charge in [-0.15, -0.1) is 0 Å². The Kier molecular flexibility index (Phi) is 9.84. The van der Waals surface area contributed by atoms with Crippen molar-refractivity contribution >= 4 is 11.9 Å². The van der Waals surface area contributed by atoms with Crippen LogP contribution in [-0.2, 0) is 15.0 Å². The van der Waals surface area contributed by atoms with E-state index in [0.29, 0.717) is 19.8 Å². The van der Waals surface area contributed by atoms with Gasteiger partial charge in [0.1, 0.15) is 30.0 Å². The van der Waals surface area contributed by atoms with E-state index in [0.717, 1.165) is 49.6 Å². The predicted octanol–water partition coefficient (Wildman–Crippen LogP) is 4.76. The Bertz CT molecular complexity index is 1070. The number of carbonyl (C=O) groups is 2. The predicted molar refractivity (Wildman–Crippen MR) is 132 cm³/mol. The van der Waals surface area contributed by atoms with Crippen LogP contribution in [0.1, 0.15) is 38.2 Å². The highest BCUT2D eigenvalue weighted by molar-refractivity contribution is 5.73. The number of para-hydroxylation sites is 1. The number of hydrogen-bond acceptors (Lipinski definition) is 6. The Hall–Kier alpha value is -3.47. The molecule has 0 bridgehead atoms. The molecule has 1 atom stereocenters. The van der Waals surface area contributed by atoms with Gasteiger partial charge in [0.05, 0.1) is 13.0 Å². The monoisotopic (exact) mass is 539 g/mol. The second kappa shape index (κ2) is 12.9. The van der Waals surface area contributed by atoms with Crippen molar-refractivity contribution in [2.75, 3.05) is 32.8 Å². The molecule has 2 aliphatic rings. The third kappa shape index (κ3) is 8.01. The smallest absolute Gasteiger partial charge is 0.490 e. The van der Waals surface area contributed by atoms with E-state index in [4.69, 9.17) is 29.2 Å². The molecule has 4 rings (SSSR count). The van der Waals surface area contributed by atoms with Crippen LogP contribution >= 0.6 is 0 Å². The van der Waals surface area contributed by atoms with Crippen LogP contribution in [0, 0.1) is 0 Å². The zero-order chi connectivity index (χ0) is 27.8. The summed E-state index contributed by atoms with van der Waals surface area (Å²) in [6.07, 6.45) is -2.06. The van der Waals surface area contributed by atoms with Gasteiger partial charge in [-0.05, 0) is 50.6 Å². The molecule has 11 heteroatoms. The SMILES string of the molecule is CCC(COc1ccc2c(c1)OCC21CCN(CCC(=O)O)CC1)Oc1ccccc1.O=C(O)C(F)(F)F. The summed E-state index contributed by atoms with van der Waals surface area (Å²) >= 11 is 0. The summed E-state index contributed by atoms with van der Waals surface area (Å²) in [5.41, 5.74) is 1.29. The van der Waals surface area contributed by atoms with Gasteiger partial charge >= 0.3 is 18.1 Å². The summed E-state index contributed by atoms with van der Waals surface area (Å²) < 4.78 is 49.9. The van der Waals surface area contributed by atoms with E-state index < -0.39 is 18.1 Å². The lowest BCUT2D eigenvalue weighted by Gasteiger charge is -2.38. The van der Waals surface area contributed by atoms with Gasteiger partial charge in [-0.1, -0.05) is 31.2 Å². The van der Waals surface area contributed by atoms with Crippen LogP contribution in [0.15, 0.2) is 48.5 Å². The number of ether oxygens (including phenoxy) is 3. The highest BCUT2D eigenvalue weighted by atomic mass is 19.4. The van der Waals surface area contributed by atoms with Crippen molar-refractivity contribution in [3.63, 3.8) is 0 Å². The van der Waals surface area contributed by atoms with Crippen molar-refractivity contribution in [2.24, 2.45) is 0 Å². The van der Waals surface area contributed by atoms with Crippen molar-refractivity contribution in [3.8, 4) is 17.2 Å². The molecule has 8 nitrogen and oxygen atoms in total. The molecule has 1 spiro atoms. The van der Waals surface area contributed by atoms with Crippen LogP contribution in [0.3, 0.4) is 0 Å². The molecule has 38 heavy (non-hydrogen) atoms. The van der Waals surface area contributed by atoms with Crippen LogP contribution in [0.2, 0.25) is 0 Å². The molecule has 0 aliphatic carbocycles. The zero-order valence-corrected chi connectivity index (χ0v) is 21.1. The molecule has 1 fully saturated rings. The Balaban J connectivity index is 0.000000505. The van der Waals surface area contributed by atoms with Gasteiger partial charge in [0.15, 0.2) is 0 Å². The number of rotatable bonds is 9. The second-order valence-corrected chi connectivity index (χ2v) is 9.29. The highest BCUT2D eigenvalue weighted by Gasteiger charge is 2.43. The average molecular weight is 540 g/mol. The van der Waals surface area contributed by atoms with Gasteiger partial charge in [0, 0.05) is 23.6 Å². The second-order valence-electron chi connectivity index (χ2n) is 9.29. The number of likely N-dealkylation sites (tertiary alicyclic amines) is 1. The molecule has 0 aromatic heterocycles. The molecule has 208 valence electrons. The molecular formula is C27H32F3NO7. The molecule has 0 saturated carbocycles. The molecule has 1 unspecified atom stereocenters. The molecule has 2 N–H and O–H groups in total. The zero-order valence-electron chi connectivity index (χ0n) is 21.1. The summed E-state index contributed by atoms with van der Waals surface area (Å²) in [6, 6.07) is 16.0. The van der Waals surface area contributed by atoms with E-state index in [2.05, 4.69) is 17.9 Å². The normalized spacial score (nSPS) is 16.9. The number of halogens is 3. The van der Waals surface area contributed by atoms with Crippen molar-refractivity contribution < 1.29 is 47.2 Å². The molecule has 0 amide bonds. The lowest BCUT2D eigenvalue weighted by Crippen LogP contribution is -2.44. The molecule has 2 aliphatic heterocycles. The van der Waals surface area contributed by atoms with E-state index in [1.54, 1.807) is 0 Å². The number of nitrogens with zero attached hydrogens (tertiary/aromatic N) is 1. The van der Waals surface area contributed by atoms with E-state index in [1.807, 2.05) is 42.5 Å². The number of fused-ring (bicyclic) bond motifs is 2. The average Bonchev–Trinajstić information content (AvgIpc) is 3.23. The number of alkyl halides is 3. The lowest BCUT2D eigenvalue weighted by atomic mass is 9.74. The first kappa shape index (κ1) is 29.1. The van der Waals surface area contributed by atoms with Gasteiger partial charge < -0.3 is 29.3 Å². The Labute approximate surface area is 218 Å². The van der Waals surface area contributed by atoms with Crippen LogP contribution in [0.4, 0.5) is 13.2 Å².